The molecule has 4 rings (SSSR count). The molecule has 194 valence electrons. The number of fused-ring (bicyclic) bond motifs is 1. The van der Waals surface area contributed by atoms with Crippen LogP contribution in [-0.4, -0.2) is 46.1 Å². The summed E-state index contributed by atoms with van der Waals surface area (Å²) in [5.41, 5.74) is 2.79. The second-order valence-corrected chi connectivity index (χ2v) is 9.43. The standard InChI is InChI=1S/C28H30Cl2N4O3/c1-4-5-8-16-33(28(35)20-13-14-23(36-2)26(37-3)25(20)30)18-24-32-22-12-9-15-31-27(22)34(24)17-19-10-6-7-11-21(19)29/h6-7,9-15H,4-5,8,16-18H2,1-3H3. The number of rotatable bonds is 11. The molecular formula is C28H30Cl2N4O3. The first-order chi connectivity index (χ1) is 18.0. The summed E-state index contributed by atoms with van der Waals surface area (Å²) in [5.74, 6) is 1.31. The van der Waals surface area contributed by atoms with Crippen molar-refractivity contribution in [1.82, 2.24) is 19.4 Å². The van der Waals surface area contributed by atoms with Crippen LogP contribution in [0.4, 0.5) is 0 Å². The van der Waals surface area contributed by atoms with E-state index in [0.29, 0.717) is 35.2 Å². The van der Waals surface area contributed by atoms with Gasteiger partial charge in [0.2, 0.25) is 0 Å². The molecule has 0 spiro atoms. The van der Waals surface area contributed by atoms with Gasteiger partial charge in [0.25, 0.3) is 5.91 Å². The largest absolute Gasteiger partial charge is 0.493 e. The maximum Gasteiger partial charge on any atom is 0.255 e. The molecule has 0 aliphatic heterocycles. The van der Waals surface area contributed by atoms with Crippen molar-refractivity contribution >= 4 is 40.3 Å². The number of benzene rings is 2. The predicted octanol–water partition coefficient (Wildman–Crippen LogP) is 6.64. The topological polar surface area (TPSA) is 69.5 Å². The molecule has 0 unspecified atom stereocenters. The summed E-state index contributed by atoms with van der Waals surface area (Å²) in [5, 5.41) is 0.887. The van der Waals surface area contributed by atoms with Crippen LogP contribution in [0.1, 0.15) is 47.9 Å². The van der Waals surface area contributed by atoms with E-state index in [1.54, 1.807) is 23.2 Å². The Bertz CT molecular complexity index is 1390. The minimum atomic E-state index is -0.202. The third-order valence-corrected chi connectivity index (χ3v) is 6.98. The molecule has 7 nitrogen and oxygen atoms in total. The summed E-state index contributed by atoms with van der Waals surface area (Å²) in [4.78, 5) is 25.1. The number of methoxy groups -OCH3 is 2. The number of carbonyl (C=O) groups excluding carboxylic acids is 1. The molecular weight excluding hydrogens is 511 g/mol. The Labute approximate surface area is 226 Å². The Balaban J connectivity index is 1.74. The van der Waals surface area contributed by atoms with Crippen molar-refractivity contribution in [3.8, 4) is 11.5 Å². The average molecular weight is 541 g/mol. The second-order valence-electron chi connectivity index (χ2n) is 8.65. The summed E-state index contributed by atoms with van der Waals surface area (Å²) in [6.07, 6.45) is 4.63. The van der Waals surface area contributed by atoms with Crippen molar-refractivity contribution in [2.24, 2.45) is 0 Å². The number of imidazole rings is 1. The predicted molar refractivity (Wildman–Crippen MR) is 147 cm³/mol. The molecule has 1 amide bonds. The Morgan fingerprint density at radius 2 is 1.84 bits per heavy atom. The van der Waals surface area contributed by atoms with Crippen LogP contribution in [0.25, 0.3) is 11.2 Å². The van der Waals surface area contributed by atoms with Gasteiger partial charge in [-0.25, -0.2) is 9.97 Å². The van der Waals surface area contributed by atoms with Gasteiger partial charge in [-0.2, -0.15) is 0 Å². The number of aromatic nitrogens is 3. The lowest BCUT2D eigenvalue weighted by molar-refractivity contribution is 0.0734. The SMILES string of the molecule is CCCCCN(Cc1nc2cccnc2n1Cc1ccccc1Cl)C(=O)c1ccc(OC)c(OC)c1Cl. The Hall–Kier alpha value is -3.29. The van der Waals surface area contributed by atoms with Crippen LogP contribution in [-0.2, 0) is 13.1 Å². The van der Waals surface area contributed by atoms with E-state index in [4.69, 9.17) is 37.7 Å². The third-order valence-electron chi connectivity index (χ3n) is 6.24. The van der Waals surface area contributed by atoms with Crippen molar-refractivity contribution in [2.45, 2.75) is 39.3 Å². The van der Waals surface area contributed by atoms with E-state index in [2.05, 4.69) is 11.9 Å². The van der Waals surface area contributed by atoms with Crippen LogP contribution < -0.4 is 9.47 Å². The molecule has 2 aromatic carbocycles. The van der Waals surface area contributed by atoms with Gasteiger partial charge < -0.3 is 18.9 Å². The lowest BCUT2D eigenvalue weighted by Gasteiger charge is -2.24. The van der Waals surface area contributed by atoms with Crippen molar-refractivity contribution < 1.29 is 14.3 Å². The summed E-state index contributed by atoms with van der Waals surface area (Å²) in [6.45, 7) is 3.46. The molecule has 2 aromatic heterocycles. The van der Waals surface area contributed by atoms with E-state index in [0.717, 1.165) is 41.8 Å². The lowest BCUT2D eigenvalue weighted by atomic mass is 10.1. The number of unbranched alkanes of at least 4 members (excludes halogenated alkanes) is 2. The fourth-order valence-electron chi connectivity index (χ4n) is 4.29. The first kappa shape index (κ1) is 26.8. The molecule has 0 bridgehead atoms. The van der Waals surface area contributed by atoms with Crippen LogP contribution in [0, 0.1) is 0 Å². The quantitative estimate of drug-likeness (QED) is 0.199. The van der Waals surface area contributed by atoms with Gasteiger partial charge in [-0.05, 0) is 42.3 Å². The number of ether oxygens (including phenoxy) is 2. The first-order valence-corrected chi connectivity index (χ1v) is 13.0. The highest BCUT2D eigenvalue weighted by Crippen LogP contribution is 2.38. The molecule has 9 heteroatoms. The van der Waals surface area contributed by atoms with Gasteiger partial charge >= 0.3 is 0 Å². The highest BCUT2D eigenvalue weighted by atomic mass is 35.5. The molecule has 4 aromatic rings. The molecule has 0 fully saturated rings. The zero-order valence-corrected chi connectivity index (χ0v) is 22.7. The van der Waals surface area contributed by atoms with Gasteiger partial charge in [-0.3, -0.25) is 4.79 Å². The zero-order chi connectivity index (χ0) is 26.4. The molecule has 0 aliphatic rings. The van der Waals surface area contributed by atoms with E-state index in [9.17, 15) is 4.79 Å². The van der Waals surface area contributed by atoms with Crippen LogP contribution in [0.5, 0.6) is 11.5 Å². The Kier molecular flexibility index (Phi) is 8.90. The van der Waals surface area contributed by atoms with Gasteiger partial charge in [-0.15, -0.1) is 0 Å². The zero-order valence-electron chi connectivity index (χ0n) is 21.2. The number of carbonyl (C=O) groups is 1. The molecule has 0 saturated heterocycles. The average Bonchev–Trinajstić information content (AvgIpc) is 3.25. The van der Waals surface area contributed by atoms with Gasteiger partial charge in [0.15, 0.2) is 17.1 Å². The van der Waals surface area contributed by atoms with E-state index in [-0.39, 0.29) is 17.5 Å². The minimum Gasteiger partial charge on any atom is -0.493 e. The summed E-state index contributed by atoms with van der Waals surface area (Å²) < 4.78 is 12.8. The summed E-state index contributed by atoms with van der Waals surface area (Å²) in [6, 6.07) is 14.8. The maximum absolute atomic E-state index is 13.8. The third kappa shape index (κ3) is 5.84. The minimum absolute atomic E-state index is 0.202. The monoisotopic (exact) mass is 540 g/mol. The van der Waals surface area contributed by atoms with Gasteiger partial charge in [0.1, 0.15) is 11.3 Å². The molecule has 0 saturated carbocycles. The van der Waals surface area contributed by atoms with E-state index in [1.165, 1.54) is 14.2 Å². The molecule has 0 radical (unpaired) electrons. The normalized spacial score (nSPS) is 11.1. The Morgan fingerprint density at radius 3 is 2.57 bits per heavy atom. The van der Waals surface area contributed by atoms with Crippen LogP contribution >= 0.6 is 23.2 Å². The van der Waals surface area contributed by atoms with E-state index in [1.807, 2.05) is 41.0 Å². The smallest absolute Gasteiger partial charge is 0.255 e. The number of amides is 1. The molecule has 2 heterocycles. The molecule has 0 aliphatic carbocycles. The summed E-state index contributed by atoms with van der Waals surface area (Å²) in [7, 11) is 3.03. The number of halogens is 2. The fourth-order valence-corrected chi connectivity index (χ4v) is 4.80. The van der Waals surface area contributed by atoms with Crippen LogP contribution in [0.3, 0.4) is 0 Å². The highest BCUT2D eigenvalue weighted by Gasteiger charge is 2.25. The number of hydrogen-bond acceptors (Lipinski definition) is 5. The van der Waals surface area contributed by atoms with Crippen LogP contribution in [0.2, 0.25) is 10.0 Å². The van der Waals surface area contributed by atoms with Crippen LogP contribution in [0.15, 0.2) is 54.7 Å². The molecule has 37 heavy (non-hydrogen) atoms. The van der Waals surface area contributed by atoms with Gasteiger partial charge in [0.05, 0.1) is 37.9 Å². The first-order valence-electron chi connectivity index (χ1n) is 12.2. The van der Waals surface area contributed by atoms with E-state index < -0.39 is 0 Å². The number of hydrogen-bond donors (Lipinski definition) is 0. The molecule has 0 atom stereocenters. The second kappa shape index (κ2) is 12.3. The fraction of sp³-hybridized carbons (Fsp3) is 0.321. The maximum atomic E-state index is 13.8. The van der Waals surface area contributed by atoms with E-state index >= 15 is 0 Å². The molecule has 0 N–H and O–H groups in total. The highest BCUT2D eigenvalue weighted by molar-refractivity contribution is 6.35. The van der Waals surface area contributed by atoms with Crippen molar-refractivity contribution in [3.05, 3.63) is 81.7 Å². The van der Waals surface area contributed by atoms with Gasteiger partial charge in [0, 0.05) is 17.8 Å². The Morgan fingerprint density at radius 1 is 1.03 bits per heavy atom. The number of pyridine rings is 1. The van der Waals surface area contributed by atoms with Gasteiger partial charge in [-0.1, -0.05) is 61.2 Å². The lowest BCUT2D eigenvalue weighted by Crippen LogP contribution is -2.33. The van der Waals surface area contributed by atoms with Crippen molar-refractivity contribution in [1.29, 1.82) is 0 Å². The van der Waals surface area contributed by atoms with Crippen molar-refractivity contribution in [2.75, 3.05) is 20.8 Å². The van der Waals surface area contributed by atoms with Crippen molar-refractivity contribution in [3.63, 3.8) is 0 Å². The summed E-state index contributed by atoms with van der Waals surface area (Å²) >= 11 is 13.1. The number of nitrogens with zero attached hydrogens (tertiary/aromatic N) is 4.